The minimum absolute atomic E-state index is 0.169. The van der Waals surface area contributed by atoms with E-state index < -0.39 is 11.9 Å². The first kappa shape index (κ1) is 25.2. The first-order chi connectivity index (χ1) is 20.0. The summed E-state index contributed by atoms with van der Waals surface area (Å²) in [5.74, 6) is -0.848. The molecule has 4 fully saturated rings. The van der Waals surface area contributed by atoms with E-state index in [1.165, 1.54) is 57.2 Å². The highest BCUT2D eigenvalue weighted by molar-refractivity contribution is 6.27. The Kier molecular flexibility index (Phi) is 5.85. The average Bonchev–Trinajstić information content (AvgIpc) is 3.68. The van der Waals surface area contributed by atoms with E-state index in [1.54, 1.807) is 4.90 Å². The summed E-state index contributed by atoms with van der Waals surface area (Å²) in [4.78, 5) is 42.2. The molecule has 8 rings (SSSR count). The van der Waals surface area contributed by atoms with Gasteiger partial charge in [0.2, 0.25) is 11.8 Å². The first-order valence-corrected chi connectivity index (χ1v) is 15.5. The summed E-state index contributed by atoms with van der Waals surface area (Å²) in [6, 6.07) is 10.5. The number of piperidine rings is 2. The van der Waals surface area contributed by atoms with E-state index >= 15 is 0 Å². The van der Waals surface area contributed by atoms with Crippen molar-refractivity contribution in [2.45, 2.75) is 88.8 Å². The minimum atomic E-state index is -0.667. The number of rotatable bonds is 5. The fourth-order valence-electron chi connectivity index (χ4n) is 8.71. The molecule has 2 aromatic carbocycles. The molecule has 1 spiro atoms. The summed E-state index contributed by atoms with van der Waals surface area (Å²) in [6.45, 7) is 2.36. The molecule has 2 saturated carbocycles. The van der Waals surface area contributed by atoms with E-state index in [0.29, 0.717) is 23.4 Å². The molecule has 3 aliphatic heterocycles. The van der Waals surface area contributed by atoms with Gasteiger partial charge in [0.05, 0.1) is 17.9 Å². The zero-order valence-corrected chi connectivity index (χ0v) is 23.5. The number of amides is 3. The number of benzene rings is 2. The van der Waals surface area contributed by atoms with Crippen molar-refractivity contribution >= 4 is 34.2 Å². The van der Waals surface area contributed by atoms with Gasteiger partial charge < -0.3 is 0 Å². The highest BCUT2D eigenvalue weighted by Crippen LogP contribution is 2.55. The Bertz CT molecular complexity index is 1560. The van der Waals surface area contributed by atoms with Crippen molar-refractivity contribution in [2.24, 2.45) is 5.41 Å². The van der Waals surface area contributed by atoms with Gasteiger partial charge in [-0.05, 0) is 79.0 Å². The number of hydrogen-bond acceptors (Lipinski definition) is 5. The minimum Gasteiger partial charge on any atom is -0.300 e. The number of anilines is 1. The van der Waals surface area contributed by atoms with Gasteiger partial charge in [-0.25, -0.2) is 0 Å². The van der Waals surface area contributed by atoms with Gasteiger partial charge in [0.25, 0.3) is 5.91 Å². The van der Waals surface area contributed by atoms with Crippen molar-refractivity contribution in [3.63, 3.8) is 0 Å². The number of carbonyl (C=O) groups is 3. The summed E-state index contributed by atoms with van der Waals surface area (Å²) in [5, 5.41) is 9.14. The third kappa shape index (κ3) is 3.97. The topological polar surface area (TPSA) is 87.5 Å². The number of likely N-dealkylation sites (tertiary alicyclic amines) is 1. The van der Waals surface area contributed by atoms with E-state index in [-0.39, 0.29) is 18.2 Å². The smallest absolute Gasteiger partial charge is 0.259 e. The number of nitrogens with one attached hydrogen (secondary N) is 1. The van der Waals surface area contributed by atoms with Gasteiger partial charge in [-0.2, -0.15) is 5.10 Å². The molecule has 2 atom stereocenters. The van der Waals surface area contributed by atoms with Gasteiger partial charge in [-0.3, -0.25) is 34.2 Å². The lowest BCUT2D eigenvalue weighted by Gasteiger charge is -2.49. The Morgan fingerprint density at radius 2 is 1.78 bits per heavy atom. The van der Waals surface area contributed by atoms with Crippen molar-refractivity contribution in [3.05, 3.63) is 59.4 Å². The van der Waals surface area contributed by atoms with E-state index in [4.69, 9.17) is 5.10 Å². The van der Waals surface area contributed by atoms with Gasteiger partial charge in [0.15, 0.2) is 0 Å². The summed E-state index contributed by atoms with van der Waals surface area (Å²) < 4.78 is 2.19. The van der Waals surface area contributed by atoms with Crippen molar-refractivity contribution in [1.29, 1.82) is 0 Å². The molecule has 3 amide bonds. The fourth-order valence-corrected chi connectivity index (χ4v) is 8.71. The van der Waals surface area contributed by atoms with Crippen molar-refractivity contribution < 1.29 is 14.4 Å². The largest absolute Gasteiger partial charge is 0.300 e. The van der Waals surface area contributed by atoms with E-state index in [0.717, 1.165) is 47.3 Å². The fraction of sp³-hybridized carbons (Fsp3) is 0.515. The number of hydrogen-bond donors (Lipinski definition) is 1. The van der Waals surface area contributed by atoms with Crippen LogP contribution in [0.3, 0.4) is 0 Å². The maximum atomic E-state index is 13.5. The SMILES string of the molecule is O=C1CCC(N2C(=O)c3cccc4c(Cc5cnn(C6CCN([C@H]7CCCC78CCC8)CC6)c5)ccc2c34)C(=O)N1. The zero-order valence-electron chi connectivity index (χ0n) is 23.5. The normalized spacial score (nSPS) is 26.2. The predicted octanol–water partition coefficient (Wildman–Crippen LogP) is 4.75. The quantitative estimate of drug-likeness (QED) is 0.463. The van der Waals surface area contributed by atoms with Crippen LogP contribution in [-0.2, 0) is 16.0 Å². The highest BCUT2D eigenvalue weighted by Gasteiger charge is 2.49. The van der Waals surface area contributed by atoms with Crippen LogP contribution in [0, 0.1) is 5.41 Å². The molecule has 8 heteroatoms. The van der Waals surface area contributed by atoms with Crippen molar-refractivity contribution in [2.75, 3.05) is 18.0 Å². The van der Waals surface area contributed by atoms with Crippen molar-refractivity contribution in [1.82, 2.24) is 20.0 Å². The van der Waals surface area contributed by atoms with Gasteiger partial charge in [-0.15, -0.1) is 0 Å². The van der Waals surface area contributed by atoms with E-state index in [2.05, 4.69) is 33.2 Å². The highest BCUT2D eigenvalue weighted by atomic mass is 16.2. The Balaban J connectivity index is 0.996. The number of imide groups is 1. The second kappa shape index (κ2) is 9.51. The Morgan fingerprint density at radius 3 is 2.56 bits per heavy atom. The van der Waals surface area contributed by atoms with E-state index in [9.17, 15) is 14.4 Å². The zero-order chi connectivity index (χ0) is 27.7. The molecular formula is C33H37N5O3. The van der Waals surface area contributed by atoms with Gasteiger partial charge in [0, 0.05) is 49.1 Å². The predicted molar refractivity (Wildman–Crippen MR) is 156 cm³/mol. The average molecular weight is 552 g/mol. The van der Waals surface area contributed by atoms with Crippen LogP contribution in [0.2, 0.25) is 0 Å². The molecule has 2 saturated heterocycles. The van der Waals surface area contributed by atoms with E-state index in [1.807, 2.05) is 24.4 Å². The second-order valence-corrected chi connectivity index (χ2v) is 13.0. The van der Waals surface area contributed by atoms with Crippen LogP contribution in [-0.4, -0.2) is 57.6 Å². The molecule has 1 unspecified atom stereocenters. The molecule has 8 nitrogen and oxygen atoms in total. The Morgan fingerprint density at radius 1 is 0.951 bits per heavy atom. The van der Waals surface area contributed by atoms with Gasteiger partial charge >= 0.3 is 0 Å². The Labute approximate surface area is 240 Å². The monoisotopic (exact) mass is 551 g/mol. The molecule has 5 aliphatic rings. The maximum Gasteiger partial charge on any atom is 0.259 e. The molecule has 1 aromatic heterocycles. The van der Waals surface area contributed by atoms with Crippen LogP contribution >= 0.6 is 0 Å². The lowest BCUT2D eigenvalue weighted by atomic mass is 9.64. The number of aromatic nitrogens is 2. The van der Waals surface area contributed by atoms with Crippen LogP contribution in [0.15, 0.2) is 42.7 Å². The summed E-state index contributed by atoms with van der Waals surface area (Å²) in [6.07, 6.45) is 16.4. The molecule has 0 bridgehead atoms. The molecule has 0 radical (unpaired) electrons. The van der Waals surface area contributed by atoms with Crippen LogP contribution < -0.4 is 10.2 Å². The van der Waals surface area contributed by atoms with Gasteiger partial charge in [0.1, 0.15) is 6.04 Å². The number of nitrogens with zero attached hydrogens (tertiary/aromatic N) is 4. The first-order valence-electron chi connectivity index (χ1n) is 15.5. The molecule has 1 N–H and O–H groups in total. The molecule has 4 heterocycles. The molecule has 41 heavy (non-hydrogen) atoms. The summed E-state index contributed by atoms with van der Waals surface area (Å²) in [7, 11) is 0. The third-order valence-electron chi connectivity index (χ3n) is 10.9. The molecule has 2 aliphatic carbocycles. The summed E-state index contributed by atoms with van der Waals surface area (Å²) >= 11 is 0. The second-order valence-electron chi connectivity index (χ2n) is 13.0. The van der Waals surface area contributed by atoms with Crippen LogP contribution in [0.25, 0.3) is 10.8 Å². The van der Waals surface area contributed by atoms with Crippen LogP contribution in [0.5, 0.6) is 0 Å². The lowest BCUT2D eigenvalue weighted by molar-refractivity contribution is -0.134. The molecule has 212 valence electrons. The third-order valence-corrected chi connectivity index (χ3v) is 10.9. The summed E-state index contributed by atoms with van der Waals surface area (Å²) in [5.41, 5.74) is 4.34. The maximum absolute atomic E-state index is 13.5. The Hall–Kier alpha value is -3.52. The standard InChI is InChI=1S/C33H37N5O3/c39-29-10-9-27(31(40)35-29)38-26-8-7-22(24-4-1-5-25(30(24)26)32(38)41)18-21-19-34-37(20-21)23-11-16-36(17-12-23)28-6-2-13-33(28)14-3-15-33/h1,4-5,7-8,19-20,23,27-28H,2-3,6,9-18H2,(H,35,39,40)/t27?,28-/m0/s1. The number of carbonyl (C=O) groups excluding carboxylic acids is 3. The van der Waals surface area contributed by atoms with Gasteiger partial charge in [-0.1, -0.05) is 31.0 Å². The lowest BCUT2D eigenvalue weighted by Crippen LogP contribution is -2.53. The van der Waals surface area contributed by atoms with Crippen LogP contribution in [0.4, 0.5) is 5.69 Å². The molecular weight excluding hydrogens is 514 g/mol. The molecule has 3 aromatic rings. The van der Waals surface area contributed by atoms with Crippen LogP contribution in [0.1, 0.15) is 91.7 Å². The van der Waals surface area contributed by atoms with Crippen molar-refractivity contribution in [3.8, 4) is 0 Å².